The van der Waals surface area contributed by atoms with Crippen LogP contribution in [0, 0.1) is 0 Å². The largest absolute Gasteiger partial charge is 0.492 e. The number of para-hydroxylation sites is 2. The van der Waals surface area contributed by atoms with Gasteiger partial charge in [0.15, 0.2) is 0 Å². The Morgan fingerprint density at radius 1 is 1.06 bits per heavy atom. The first-order valence-corrected chi connectivity index (χ1v) is 10.5. The molecule has 2 amide bonds. The molecule has 3 aromatic carbocycles. The van der Waals surface area contributed by atoms with Crippen molar-refractivity contribution < 1.29 is 31.9 Å². The van der Waals surface area contributed by atoms with Crippen molar-refractivity contribution >= 4 is 40.5 Å². The van der Waals surface area contributed by atoms with E-state index in [-0.39, 0.29) is 30.5 Å². The molecule has 0 aliphatic rings. The van der Waals surface area contributed by atoms with Crippen LogP contribution < -0.4 is 20.7 Å². The number of nitrogen functional groups attached to an aromatic ring is 1. The number of nitrogens with zero attached hydrogens (tertiary/aromatic N) is 1. The Morgan fingerprint density at radius 2 is 1.80 bits per heavy atom. The molecule has 0 atom stereocenters. The van der Waals surface area contributed by atoms with Crippen molar-refractivity contribution in [2.75, 3.05) is 29.1 Å². The number of rotatable bonds is 8. The maximum atomic E-state index is 12.9. The van der Waals surface area contributed by atoms with E-state index in [1.54, 1.807) is 48.5 Å². The summed E-state index contributed by atoms with van der Waals surface area (Å²) in [6.45, 7) is 0.167. The summed E-state index contributed by atoms with van der Waals surface area (Å²) in [7, 11) is 0. The van der Waals surface area contributed by atoms with Gasteiger partial charge in [-0.2, -0.15) is 13.2 Å². The van der Waals surface area contributed by atoms with Gasteiger partial charge in [-0.15, -0.1) is 0 Å². The minimum atomic E-state index is -4.50. The minimum absolute atomic E-state index is 0.0220. The van der Waals surface area contributed by atoms with E-state index in [0.717, 1.165) is 12.1 Å². The Bertz CT molecular complexity index is 1350. The smallest absolute Gasteiger partial charge is 0.416 e. The molecular formula is C25H20F3N3O4. The Labute approximate surface area is 197 Å². The molecular weight excluding hydrogens is 463 g/mol. The second-order valence-corrected chi connectivity index (χ2v) is 7.55. The molecule has 0 fully saturated rings. The summed E-state index contributed by atoms with van der Waals surface area (Å²) in [5, 5.41) is 3.17. The van der Waals surface area contributed by atoms with E-state index in [2.05, 4.69) is 5.32 Å². The Hall–Kier alpha value is -4.47. The molecule has 0 radical (unpaired) electrons. The predicted molar refractivity (Wildman–Crippen MR) is 125 cm³/mol. The van der Waals surface area contributed by atoms with E-state index < -0.39 is 11.7 Å². The van der Waals surface area contributed by atoms with E-state index in [1.165, 1.54) is 17.0 Å². The number of carbonyl (C=O) groups is 2. The third-order valence-electron chi connectivity index (χ3n) is 5.17. The summed E-state index contributed by atoms with van der Waals surface area (Å²) in [5.74, 6) is 0.233. The van der Waals surface area contributed by atoms with Crippen LogP contribution in [-0.4, -0.2) is 25.5 Å². The molecule has 0 unspecified atom stereocenters. The predicted octanol–water partition coefficient (Wildman–Crippen LogP) is 5.33. The van der Waals surface area contributed by atoms with Gasteiger partial charge >= 0.3 is 6.18 Å². The molecule has 0 bridgehead atoms. The van der Waals surface area contributed by atoms with Gasteiger partial charge in [-0.05, 0) is 48.5 Å². The highest BCUT2D eigenvalue weighted by Gasteiger charge is 2.31. The van der Waals surface area contributed by atoms with Crippen LogP contribution in [0.4, 0.5) is 30.4 Å². The Morgan fingerprint density at radius 3 is 2.49 bits per heavy atom. The lowest BCUT2D eigenvalue weighted by molar-refractivity contribution is -0.137. The number of hydrogen-bond acceptors (Lipinski definition) is 5. The topological polar surface area (TPSA) is 97.8 Å². The lowest BCUT2D eigenvalue weighted by Crippen LogP contribution is -2.26. The number of halogens is 3. The molecule has 4 rings (SSSR count). The quantitative estimate of drug-likeness (QED) is 0.261. The van der Waals surface area contributed by atoms with Crippen LogP contribution in [0.5, 0.6) is 5.75 Å². The number of amides is 2. The number of furan rings is 1. The maximum Gasteiger partial charge on any atom is 0.416 e. The molecule has 4 aromatic rings. The van der Waals surface area contributed by atoms with Crippen LogP contribution in [-0.2, 0) is 11.0 Å². The van der Waals surface area contributed by atoms with Crippen molar-refractivity contribution in [2.45, 2.75) is 6.18 Å². The molecule has 0 saturated heterocycles. The van der Waals surface area contributed by atoms with Crippen molar-refractivity contribution in [3.63, 3.8) is 0 Å². The SMILES string of the molecule is Nc1ccccc1NC(=O)c1ccc(OCCN(C=O)c2cc3ccc(C(F)(F)F)cc3o2)cc1. The van der Waals surface area contributed by atoms with Crippen molar-refractivity contribution in [2.24, 2.45) is 0 Å². The van der Waals surface area contributed by atoms with Gasteiger partial charge in [0.2, 0.25) is 12.3 Å². The first-order chi connectivity index (χ1) is 16.7. The van der Waals surface area contributed by atoms with Crippen LogP contribution in [0.1, 0.15) is 15.9 Å². The van der Waals surface area contributed by atoms with Crippen molar-refractivity contribution in [3.05, 3.63) is 83.9 Å². The van der Waals surface area contributed by atoms with Gasteiger partial charge in [-0.3, -0.25) is 14.5 Å². The highest BCUT2D eigenvalue weighted by atomic mass is 19.4. The van der Waals surface area contributed by atoms with Gasteiger partial charge < -0.3 is 20.2 Å². The van der Waals surface area contributed by atoms with Gasteiger partial charge in [0, 0.05) is 17.0 Å². The Kier molecular flexibility index (Phi) is 6.63. The van der Waals surface area contributed by atoms with E-state index in [1.807, 2.05) is 0 Å². The zero-order chi connectivity index (χ0) is 25.0. The van der Waals surface area contributed by atoms with Crippen LogP contribution in [0.3, 0.4) is 0 Å². The number of alkyl halides is 3. The second-order valence-electron chi connectivity index (χ2n) is 7.55. The van der Waals surface area contributed by atoms with Crippen LogP contribution in [0.2, 0.25) is 0 Å². The van der Waals surface area contributed by atoms with E-state index in [0.29, 0.717) is 34.5 Å². The molecule has 180 valence electrons. The molecule has 0 aliphatic carbocycles. The lowest BCUT2D eigenvalue weighted by Gasteiger charge is -2.14. The fraction of sp³-hybridized carbons (Fsp3) is 0.120. The molecule has 1 heterocycles. The maximum absolute atomic E-state index is 12.9. The number of benzene rings is 3. The first-order valence-electron chi connectivity index (χ1n) is 10.5. The van der Waals surface area contributed by atoms with Crippen molar-refractivity contribution in [1.29, 1.82) is 0 Å². The summed E-state index contributed by atoms with van der Waals surface area (Å²) in [5.41, 5.74) is 6.37. The third-order valence-corrected chi connectivity index (χ3v) is 5.17. The van der Waals surface area contributed by atoms with Gasteiger partial charge in [-0.1, -0.05) is 18.2 Å². The number of ether oxygens (including phenoxy) is 1. The average molecular weight is 483 g/mol. The fourth-order valence-corrected chi connectivity index (χ4v) is 3.32. The molecule has 0 aliphatic heterocycles. The van der Waals surface area contributed by atoms with E-state index in [4.69, 9.17) is 14.9 Å². The number of carbonyl (C=O) groups excluding carboxylic acids is 2. The number of nitrogens with one attached hydrogen (secondary N) is 1. The van der Waals surface area contributed by atoms with E-state index >= 15 is 0 Å². The van der Waals surface area contributed by atoms with Gasteiger partial charge in [0.1, 0.15) is 17.9 Å². The third kappa shape index (κ3) is 5.55. The van der Waals surface area contributed by atoms with Crippen molar-refractivity contribution in [1.82, 2.24) is 0 Å². The lowest BCUT2D eigenvalue weighted by atomic mass is 10.1. The van der Waals surface area contributed by atoms with Crippen molar-refractivity contribution in [3.8, 4) is 5.75 Å². The molecule has 1 aromatic heterocycles. The monoisotopic (exact) mass is 483 g/mol. The number of hydrogen-bond donors (Lipinski definition) is 2. The summed E-state index contributed by atoms with van der Waals surface area (Å²) < 4.78 is 49.8. The number of nitrogens with two attached hydrogens (primary N) is 1. The minimum Gasteiger partial charge on any atom is -0.492 e. The first kappa shape index (κ1) is 23.7. The van der Waals surface area contributed by atoms with E-state index in [9.17, 15) is 22.8 Å². The molecule has 7 nitrogen and oxygen atoms in total. The van der Waals surface area contributed by atoms with Gasteiger partial charge in [0.25, 0.3) is 5.91 Å². The van der Waals surface area contributed by atoms with Crippen LogP contribution >= 0.6 is 0 Å². The van der Waals surface area contributed by atoms with Crippen LogP contribution in [0.25, 0.3) is 11.0 Å². The fourth-order valence-electron chi connectivity index (χ4n) is 3.32. The molecule has 3 N–H and O–H groups in total. The molecule has 0 spiro atoms. The summed E-state index contributed by atoms with van der Waals surface area (Å²) >= 11 is 0. The molecule has 35 heavy (non-hydrogen) atoms. The van der Waals surface area contributed by atoms with Gasteiger partial charge in [-0.25, -0.2) is 0 Å². The highest BCUT2D eigenvalue weighted by Crippen LogP contribution is 2.34. The summed E-state index contributed by atoms with van der Waals surface area (Å²) in [6.07, 6.45) is -3.99. The van der Waals surface area contributed by atoms with Gasteiger partial charge in [0.05, 0.1) is 23.5 Å². The summed E-state index contributed by atoms with van der Waals surface area (Å²) in [4.78, 5) is 25.1. The Balaban J connectivity index is 1.35. The number of anilines is 3. The molecule has 0 saturated carbocycles. The standard InChI is InChI=1S/C25H20F3N3O4/c26-25(27,28)18-8-5-17-13-23(35-22(17)14-18)31(15-32)11-12-34-19-9-6-16(7-10-19)24(33)30-21-4-2-1-3-20(21)29/h1-10,13-15H,11-12,29H2,(H,30,33). The zero-order valence-electron chi connectivity index (χ0n) is 18.2. The summed E-state index contributed by atoms with van der Waals surface area (Å²) in [6, 6.07) is 17.9. The zero-order valence-corrected chi connectivity index (χ0v) is 18.2. The highest BCUT2D eigenvalue weighted by molar-refractivity contribution is 6.05. The molecule has 10 heteroatoms. The van der Waals surface area contributed by atoms with Crippen LogP contribution in [0.15, 0.2) is 77.2 Å². The average Bonchev–Trinajstić information content (AvgIpc) is 3.26. The second kappa shape index (κ2) is 9.80. The normalized spacial score (nSPS) is 11.3. The number of fused-ring (bicyclic) bond motifs is 1.